The molecule has 112 valence electrons. The zero-order valence-corrected chi connectivity index (χ0v) is 14.0. The van der Waals surface area contributed by atoms with Gasteiger partial charge < -0.3 is 5.32 Å². The first kappa shape index (κ1) is 14.9. The summed E-state index contributed by atoms with van der Waals surface area (Å²) in [5.41, 5.74) is 3.38. The van der Waals surface area contributed by atoms with Crippen LogP contribution in [0.15, 0.2) is 52.2 Å². The van der Waals surface area contributed by atoms with Crippen molar-refractivity contribution in [3.05, 3.63) is 58.3 Å². The molecule has 1 N–H and O–H groups in total. The van der Waals surface area contributed by atoms with Crippen LogP contribution in [0.5, 0.6) is 0 Å². The SMILES string of the molecule is CC(C)C1N=C(c2cccnc2)c2cc(Br)ccc2NC1=O. The van der Waals surface area contributed by atoms with Crippen LogP contribution < -0.4 is 5.32 Å². The number of hydrogen-bond acceptors (Lipinski definition) is 3. The van der Waals surface area contributed by atoms with Crippen LogP contribution in [-0.4, -0.2) is 22.6 Å². The number of aliphatic imine (C=N–C) groups is 1. The van der Waals surface area contributed by atoms with Crippen LogP contribution in [0.1, 0.15) is 25.0 Å². The molecule has 1 aromatic heterocycles. The number of aromatic nitrogens is 1. The van der Waals surface area contributed by atoms with Gasteiger partial charge in [0.1, 0.15) is 6.04 Å². The fourth-order valence-corrected chi connectivity index (χ4v) is 2.84. The number of nitrogens with one attached hydrogen (secondary N) is 1. The normalized spacial score (nSPS) is 17.5. The van der Waals surface area contributed by atoms with Gasteiger partial charge in [0.15, 0.2) is 0 Å². The molecule has 1 aliphatic rings. The highest BCUT2D eigenvalue weighted by Gasteiger charge is 2.28. The van der Waals surface area contributed by atoms with E-state index in [1.165, 1.54) is 0 Å². The average Bonchev–Trinajstić information content (AvgIpc) is 2.64. The average molecular weight is 358 g/mol. The first-order chi connectivity index (χ1) is 10.6. The Kier molecular flexibility index (Phi) is 4.07. The molecule has 1 unspecified atom stereocenters. The topological polar surface area (TPSA) is 54.4 Å². The highest BCUT2D eigenvalue weighted by molar-refractivity contribution is 9.10. The van der Waals surface area contributed by atoms with Crippen LogP contribution in [0.3, 0.4) is 0 Å². The predicted octanol–water partition coefficient (Wildman–Crippen LogP) is 3.66. The number of benzene rings is 1. The lowest BCUT2D eigenvalue weighted by Gasteiger charge is -2.14. The van der Waals surface area contributed by atoms with Gasteiger partial charge in [0, 0.05) is 28.0 Å². The highest BCUT2D eigenvalue weighted by atomic mass is 79.9. The summed E-state index contributed by atoms with van der Waals surface area (Å²) >= 11 is 3.49. The van der Waals surface area contributed by atoms with Gasteiger partial charge in [-0.25, -0.2) is 0 Å². The quantitative estimate of drug-likeness (QED) is 0.891. The molecule has 0 fully saturated rings. The van der Waals surface area contributed by atoms with Crippen molar-refractivity contribution in [3.63, 3.8) is 0 Å². The summed E-state index contributed by atoms with van der Waals surface area (Å²) in [5, 5.41) is 2.99. The summed E-state index contributed by atoms with van der Waals surface area (Å²) in [6, 6.07) is 9.21. The Morgan fingerprint density at radius 1 is 1.27 bits per heavy atom. The second kappa shape index (κ2) is 6.01. The Balaban J connectivity index is 2.23. The number of pyridine rings is 1. The van der Waals surface area contributed by atoms with Crippen LogP contribution in [0, 0.1) is 5.92 Å². The summed E-state index contributed by atoms with van der Waals surface area (Å²) in [6.07, 6.45) is 3.50. The second-order valence-electron chi connectivity index (χ2n) is 5.59. The third-order valence-corrected chi connectivity index (χ3v) is 4.09. The zero-order chi connectivity index (χ0) is 15.7. The summed E-state index contributed by atoms with van der Waals surface area (Å²) in [7, 11) is 0. The van der Waals surface area contributed by atoms with E-state index >= 15 is 0 Å². The lowest BCUT2D eigenvalue weighted by atomic mass is 10.0. The number of carbonyl (C=O) groups is 1. The molecule has 5 heteroatoms. The summed E-state index contributed by atoms with van der Waals surface area (Å²) < 4.78 is 0.945. The van der Waals surface area contributed by atoms with Gasteiger partial charge in [-0.1, -0.05) is 29.8 Å². The van der Waals surface area contributed by atoms with Gasteiger partial charge in [-0.15, -0.1) is 0 Å². The van der Waals surface area contributed by atoms with E-state index in [0.717, 1.165) is 27.0 Å². The lowest BCUT2D eigenvalue weighted by Crippen LogP contribution is -2.30. The molecule has 1 atom stereocenters. The minimum Gasteiger partial charge on any atom is -0.324 e. The molecule has 22 heavy (non-hydrogen) atoms. The largest absolute Gasteiger partial charge is 0.324 e. The minimum absolute atomic E-state index is 0.0718. The molecule has 0 aliphatic carbocycles. The molecule has 0 radical (unpaired) electrons. The number of rotatable bonds is 2. The number of carbonyl (C=O) groups excluding carboxylic acids is 1. The standard InChI is InChI=1S/C17H16BrN3O/c1-10(2)15-17(22)20-14-6-5-12(18)8-13(14)16(21-15)11-4-3-7-19-9-11/h3-10,15H,1-2H3,(H,20,22). The van der Waals surface area contributed by atoms with E-state index in [-0.39, 0.29) is 11.8 Å². The van der Waals surface area contributed by atoms with E-state index in [1.54, 1.807) is 12.4 Å². The number of amides is 1. The number of nitrogens with zero attached hydrogens (tertiary/aromatic N) is 2. The Bertz CT molecular complexity index is 741. The molecule has 0 saturated carbocycles. The molecule has 1 amide bonds. The Hall–Kier alpha value is -2.01. The van der Waals surface area contributed by atoms with Crippen molar-refractivity contribution in [1.29, 1.82) is 0 Å². The number of hydrogen-bond donors (Lipinski definition) is 1. The summed E-state index contributed by atoms with van der Waals surface area (Å²) in [5.74, 6) is 0.0434. The Labute approximate surface area is 137 Å². The third kappa shape index (κ3) is 2.81. The molecule has 0 saturated heterocycles. The fraction of sp³-hybridized carbons (Fsp3) is 0.235. The van der Waals surface area contributed by atoms with Gasteiger partial charge in [-0.2, -0.15) is 0 Å². The van der Waals surface area contributed by atoms with Gasteiger partial charge in [0.05, 0.1) is 11.4 Å². The van der Waals surface area contributed by atoms with Crippen LogP contribution in [0.25, 0.3) is 0 Å². The van der Waals surface area contributed by atoms with Crippen LogP contribution in [-0.2, 0) is 4.79 Å². The lowest BCUT2D eigenvalue weighted by molar-refractivity contribution is -0.118. The molecule has 0 spiro atoms. The summed E-state index contributed by atoms with van der Waals surface area (Å²) in [4.78, 5) is 21.4. The molecule has 0 bridgehead atoms. The third-order valence-electron chi connectivity index (χ3n) is 3.60. The van der Waals surface area contributed by atoms with Gasteiger partial charge in [-0.05, 0) is 36.2 Å². The maximum Gasteiger partial charge on any atom is 0.249 e. The van der Waals surface area contributed by atoms with E-state index in [9.17, 15) is 4.79 Å². The Morgan fingerprint density at radius 2 is 2.09 bits per heavy atom. The number of anilines is 1. The molecule has 3 rings (SSSR count). The van der Waals surface area contributed by atoms with Crippen molar-refractivity contribution in [2.75, 3.05) is 5.32 Å². The van der Waals surface area contributed by atoms with Crippen molar-refractivity contribution >= 4 is 33.2 Å². The Morgan fingerprint density at radius 3 is 2.77 bits per heavy atom. The van der Waals surface area contributed by atoms with E-state index in [1.807, 2.05) is 44.2 Å². The van der Waals surface area contributed by atoms with Crippen molar-refractivity contribution in [2.24, 2.45) is 10.9 Å². The van der Waals surface area contributed by atoms with Crippen molar-refractivity contribution in [1.82, 2.24) is 4.98 Å². The van der Waals surface area contributed by atoms with Gasteiger partial charge in [0.2, 0.25) is 5.91 Å². The maximum absolute atomic E-state index is 12.4. The van der Waals surface area contributed by atoms with Gasteiger partial charge >= 0.3 is 0 Å². The highest BCUT2D eigenvalue weighted by Crippen LogP contribution is 2.28. The molecule has 1 aromatic carbocycles. The molecule has 4 nitrogen and oxygen atoms in total. The second-order valence-corrected chi connectivity index (χ2v) is 6.50. The van der Waals surface area contributed by atoms with Gasteiger partial charge in [0.25, 0.3) is 0 Å². The number of fused-ring (bicyclic) bond motifs is 1. The molecule has 2 heterocycles. The van der Waals surface area contributed by atoms with Crippen molar-refractivity contribution in [2.45, 2.75) is 19.9 Å². The number of halogens is 1. The van der Waals surface area contributed by atoms with Crippen LogP contribution >= 0.6 is 15.9 Å². The molecular weight excluding hydrogens is 342 g/mol. The van der Waals surface area contributed by atoms with E-state index in [0.29, 0.717) is 0 Å². The van der Waals surface area contributed by atoms with Crippen molar-refractivity contribution in [3.8, 4) is 0 Å². The van der Waals surface area contributed by atoms with E-state index in [4.69, 9.17) is 4.99 Å². The van der Waals surface area contributed by atoms with Crippen molar-refractivity contribution < 1.29 is 4.79 Å². The summed E-state index contributed by atoms with van der Waals surface area (Å²) in [6.45, 7) is 4.00. The van der Waals surface area contributed by atoms with Gasteiger partial charge in [-0.3, -0.25) is 14.8 Å². The smallest absolute Gasteiger partial charge is 0.249 e. The van der Waals surface area contributed by atoms with Crippen LogP contribution in [0.4, 0.5) is 5.69 Å². The predicted molar refractivity (Wildman–Crippen MR) is 91.3 cm³/mol. The monoisotopic (exact) mass is 357 g/mol. The minimum atomic E-state index is -0.415. The van der Waals surface area contributed by atoms with Crippen LogP contribution in [0.2, 0.25) is 0 Å². The molecular formula is C17H16BrN3O. The first-order valence-electron chi connectivity index (χ1n) is 7.15. The number of benzodiazepines with no additional fused rings is 1. The van der Waals surface area contributed by atoms with E-state index in [2.05, 4.69) is 26.2 Å². The molecule has 1 aliphatic heterocycles. The maximum atomic E-state index is 12.4. The fourth-order valence-electron chi connectivity index (χ4n) is 2.48. The molecule has 2 aromatic rings. The van der Waals surface area contributed by atoms with E-state index < -0.39 is 6.04 Å². The first-order valence-corrected chi connectivity index (χ1v) is 7.94. The zero-order valence-electron chi connectivity index (χ0n) is 12.4.